The Labute approximate surface area is 268 Å². The Morgan fingerprint density at radius 3 is 2.38 bits per heavy atom. The molecule has 1 saturated heterocycles. The fourth-order valence-electron chi connectivity index (χ4n) is 10.3. The smallest absolute Gasteiger partial charge is 0.330 e. The molecule has 6 N–H and O–H groups in total. The maximum atomic E-state index is 11.4. The van der Waals surface area contributed by atoms with Crippen LogP contribution < -0.4 is 0 Å². The van der Waals surface area contributed by atoms with Crippen molar-refractivity contribution < 1.29 is 44.9 Å². The Kier molecular flexibility index (Phi) is 9.37. The molecule has 254 valence electrons. The SMILES string of the molecule is C/C(=C/CC[C@@H](C)[C@H]1CC[C@@]2(C)C3=CC[C@@H]4C(C)(C)C(O)CC[C@]4(C)C3=C[C@@H](O[C@H]3O[C@H](CO)[C@H](O)[C@@H](O)[C@@H]3O)[C@]12C)C(=O)O. The van der Waals surface area contributed by atoms with E-state index in [-0.39, 0.29) is 40.1 Å². The van der Waals surface area contributed by atoms with Gasteiger partial charge in [-0.25, -0.2) is 4.79 Å². The monoisotopic (exact) mass is 632 g/mol. The lowest BCUT2D eigenvalue weighted by Gasteiger charge is -2.62. The molecular weight excluding hydrogens is 576 g/mol. The first-order chi connectivity index (χ1) is 20.9. The minimum Gasteiger partial charge on any atom is -0.478 e. The van der Waals surface area contributed by atoms with E-state index in [1.165, 1.54) is 11.1 Å². The van der Waals surface area contributed by atoms with Crippen molar-refractivity contribution in [1.29, 1.82) is 0 Å². The van der Waals surface area contributed by atoms with Crippen LogP contribution in [-0.4, -0.2) is 86.1 Å². The fraction of sp³-hybridized carbons (Fsp3) is 0.806. The van der Waals surface area contributed by atoms with E-state index in [9.17, 15) is 35.4 Å². The molecule has 2 saturated carbocycles. The second kappa shape index (κ2) is 12.1. The third kappa shape index (κ3) is 5.29. The summed E-state index contributed by atoms with van der Waals surface area (Å²) >= 11 is 0. The first kappa shape index (κ1) is 34.7. The Hall–Kier alpha value is -1.59. The largest absolute Gasteiger partial charge is 0.478 e. The van der Waals surface area contributed by atoms with E-state index < -0.39 is 54.8 Å². The van der Waals surface area contributed by atoms with Crippen LogP contribution >= 0.6 is 0 Å². The van der Waals surface area contributed by atoms with E-state index >= 15 is 0 Å². The number of hydrogen-bond acceptors (Lipinski definition) is 8. The molecule has 0 amide bonds. The number of ether oxygens (including phenoxy) is 2. The fourth-order valence-corrected chi connectivity index (χ4v) is 10.3. The molecule has 0 aromatic heterocycles. The lowest BCUT2D eigenvalue weighted by atomic mass is 9.43. The first-order valence-corrected chi connectivity index (χ1v) is 16.9. The molecule has 0 radical (unpaired) electrons. The van der Waals surface area contributed by atoms with Crippen molar-refractivity contribution in [3.8, 4) is 0 Å². The Morgan fingerprint density at radius 2 is 1.73 bits per heavy atom. The standard InChI is InChI=1S/C36H56O9/c1-19(9-8-10-20(2)31(42)43)21-13-16-35(6)22-11-12-25-33(3,4)26(38)14-15-34(25,5)23(22)17-27(36(21,35)7)45-32-30(41)29(40)28(39)24(18-37)44-32/h10-11,17,19,21,24-30,32,37-41H,8-9,12-16,18H2,1-7H3,(H,42,43)/b20-10-/t19-,21-,24-,25-,26?,27-,28+,29-,30+,32-,34-,35+,36+/m1/s1. The summed E-state index contributed by atoms with van der Waals surface area (Å²) in [5.74, 6) is -0.244. The third-order valence-corrected chi connectivity index (χ3v) is 13.6. The van der Waals surface area contributed by atoms with E-state index in [4.69, 9.17) is 9.47 Å². The summed E-state index contributed by atoms with van der Waals surface area (Å²) < 4.78 is 12.7. The maximum Gasteiger partial charge on any atom is 0.330 e. The number of aliphatic hydroxyl groups excluding tert-OH is 5. The number of hydrogen-bond donors (Lipinski definition) is 6. The van der Waals surface area contributed by atoms with Crippen molar-refractivity contribution in [1.82, 2.24) is 0 Å². The molecule has 3 fully saturated rings. The second-order valence-corrected chi connectivity index (χ2v) is 16.0. The summed E-state index contributed by atoms with van der Waals surface area (Å²) in [5, 5.41) is 62.4. The van der Waals surface area contributed by atoms with Crippen LogP contribution in [0.25, 0.3) is 0 Å². The van der Waals surface area contributed by atoms with Gasteiger partial charge in [-0.15, -0.1) is 0 Å². The molecule has 1 heterocycles. The zero-order valence-electron chi connectivity index (χ0n) is 28.1. The van der Waals surface area contributed by atoms with Gasteiger partial charge in [-0.3, -0.25) is 0 Å². The number of aliphatic hydroxyl groups is 5. The van der Waals surface area contributed by atoms with E-state index in [0.29, 0.717) is 18.4 Å². The Bertz CT molecular complexity index is 1240. The molecule has 0 aromatic rings. The van der Waals surface area contributed by atoms with Crippen molar-refractivity contribution in [2.75, 3.05) is 6.61 Å². The molecule has 0 aromatic carbocycles. The normalized spacial score (nSPS) is 46.8. The number of aliphatic carboxylic acids is 1. The summed E-state index contributed by atoms with van der Waals surface area (Å²) in [7, 11) is 0. The van der Waals surface area contributed by atoms with Crippen molar-refractivity contribution in [3.63, 3.8) is 0 Å². The van der Waals surface area contributed by atoms with Gasteiger partial charge in [0.1, 0.15) is 24.4 Å². The van der Waals surface area contributed by atoms with Crippen LogP contribution in [-0.2, 0) is 14.3 Å². The molecule has 1 aliphatic heterocycles. The highest BCUT2D eigenvalue weighted by molar-refractivity contribution is 5.85. The Balaban J connectivity index is 1.58. The first-order valence-electron chi connectivity index (χ1n) is 16.9. The van der Waals surface area contributed by atoms with Crippen LogP contribution in [0.1, 0.15) is 93.4 Å². The molecule has 13 atom stereocenters. The van der Waals surface area contributed by atoms with Gasteiger partial charge in [-0.05, 0) is 91.6 Å². The van der Waals surface area contributed by atoms with E-state index in [1.54, 1.807) is 13.0 Å². The molecule has 0 bridgehead atoms. The summed E-state index contributed by atoms with van der Waals surface area (Å²) in [6.45, 7) is 14.6. The van der Waals surface area contributed by atoms with Gasteiger partial charge in [0.05, 0.1) is 18.8 Å². The van der Waals surface area contributed by atoms with Crippen LogP contribution in [0.4, 0.5) is 0 Å². The van der Waals surface area contributed by atoms with E-state index in [2.05, 4.69) is 53.7 Å². The zero-order chi connectivity index (χ0) is 33.3. The zero-order valence-corrected chi connectivity index (χ0v) is 28.1. The number of carboxylic acid groups (broad SMARTS) is 1. The van der Waals surface area contributed by atoms with Gasteiger partial charge in [-0.2, -0.15) is 0 Å². The predicted octanol–water partition coefficient (Wildman–Crippen LogP) is 4.11. The molecule has 45 heavy (non-hydrogen) atoms. The summed E-state index contributed by atoms with van der Waals surface area (Å²) in [6, 6.07) is 0. The van der Waals surface area contributed by atoms with E-state index in [1.807, 2.05) is 0 Å². The molecule has 1 unspecified atom stereocenters. The molecular formula is C36H56O9. The van der Waals surface area contributed by atoms with Crippen LogP contribution in [0.2, 0.25) is 0 Å². The van der Waals surface area contributed by atoms with E-state index in [0.717, 1.165) is 32.1 Å². The minimum atomic E-state index is -1.54. The molecule has 5 rings (SSSR count). The number of rotatable bonds is 8. The van der Waals surface area contributed by atoms with Gasteiger partial charge in [0.15, 0.2) is 6.29 Å². The van der Waals surface area contributed by atoms with Crippen molar-refractivity contribution in [3.05, 3.63) is 34.9 Å². The van der Waals surface area contributed by atoms with Gasteiger partial charge in [0.25, 0.3) is 0 Å². The average Bonchev–Trinajstić information content (AvgIpc) is 3.27. The predicted molar refractivity (Wildman–Crippen MR) is 169 cm³/mol. The maximum absolute atomic E-state index is 11.4. The summed E-state index contributed by atoms with van der Waals surface area (Å²) in [4.78, 5) is 11.4. The number of fused-ring (bicyclic) bond motifs is 5. The van der Waals surface area contributed by atoms with Crippen molar-refractivity contribution in [2.45, 2.75) is 136 Å². The summed E-state index contributed by atoms with van der Waals surface area (Å²) in [6.07, 6.45) is 4.48. The lowest BCUT2D eigenvalue weighted by molar-refractivity contribution is -0.319. The molecule has 4 aliphatic carbocycles. The van der Waals surface area contributed by atoms with Gasteiger partial charge in [0, 0.05) is 16.4 Å². The quantitative estimate of drug-likeness (QED) is 0.217. The lowest BCUT2D eigenvalue weighted by Crippen LogP contribution is -2.62. The van der Waals surface area contributed by atoms with Crippen LogP contribution in [0.15, 0.2) is 34.9 Å². The molecule has 0 spiro atoms. The van der Waals surface area contributed by atoms with Crippen molar-refractivity contribution >= 4 is 5.97 Å². The highest BCUT2D eigenvalue weighted by atomic mass is 16.7. The van der Waals surface area contributed by atoms with Crippen LogP contribution in [0, 0.1) is 39.4 Å². The molecule has 9 heteroatoms. The minimum absolute atomic E-state index is 0.197. The van der Waals surface area contributed by atoms with Gasteiger partial charge in [-0.1, -0.05) is 59.8 Å². The molecule has 9 nitrogen and oxygen atoms in total. The topological polar surface area (TPSA) is 157 Å². The number of carboxylic acids is 1. The highest BCUT2D eigenvalue weighted by Crippen LogP contribution is 2.72. The van der Waals surface area contributed by atoms with Crippen LogP contribution in [0.3, 0.4) is 0 Å². The highest BCUT2D eigenvalue weighted by Gasteiger charge is 2.67. The number of allylic oxidation sites excluding steroid dienone is 4. The van der Waals surface area contributed by atoms with Crippen molar-refractivity contribution in [2.24, 2.45) is 39.4 Å². The average molecular weight is 633 g/mol. The van der Waals surface area contributed by atoms with Gasteiger partial charge < -0.3 is 40.1 Å². The van der Waals surface area contributed by atoms with Gasteiger partial charge >= 0.3 is 5.97 Å². The second-order valence-electron chi connectivity index (χ2n) is 16.0. The molecule has 5 aliphatic rings. The van der Waals surface area contributed by atoms with Gasteiger partial charge in [0.2, 0.25) is 0 Å². The summed E-state index contributed by atoms with van der Waals surface area (Å²) in [5.41, 5.74) is 1.72. The Morgan fingerprint density at radius 1 is 1.04 bits per heavy atom. The number of carbonyl (C=O) groups is 1. The third-order valence-electron chi connectivity index (χ3n) is 13.6. The van der Waals surface area contributed by atoms with Crippen LogP contribution in [0.5, 0.6) is 0 Å².